The normalized spacial score (nSPS) is 19.8. The summed E-state index contributed by atoms with van der Waals surface area (Å²) < 4.78 is 48.1. The van der Waals surface area contributed by atoms with E-state index in [2.05, 4.69) is 5.32 Å². The second-order valence-corrected chi connectivity index (χ2v) is 10.8. The van der Waals surface area contributed by atoms with E-state index in [0.29, 0.717) is 30.9 Å². The molecule has 0 bridgehead atoms. The number of hydrogen-bond donors (Lipinski definition) is 1. The SMILES string of the molecule is O=C(C1CC1)[C@@]1(Cn2c(-c3ccc(-c4ccc5ccoc5c4)cc3)nc3cc(C(F)(F)F)ccc32)CCNC1. The highest BCUT2D eigenvalue weighted by Crippen LogP contribution is 2.43. The first kappa shape index (κ1) is 24.2. The molecule has 1 N–H and O–H groups in total. The fraction of sp³-hybridized carbons (Fsp3) is 0.290. The molecule has 1 aliphatic carbocycles. The van der Waals surface area contributed by atoms with Gasteiger partial charge in [-0.05, 0) is 67.3 Å². The number of imidazole rings is 1. The Hall–Kier alpha value is -3.91. The maximum Gasteiger partial charge on any atom is 0.416 e. The molecule has 0 spiro atoms. The summed E-state index contributed by atoms with van der Waals surface area (Å²) in [5.74, 6) is 0.911. The van der Waals surface area contributed by atoms with Crippen LogP contribution in [-0.4, -0.2) is 28.4 Å². The van der Waals surface area contributed by atoms with Crippen molar-refractivity contribution < 1.29 is 22.4 Å². The van der Waals surface area contributed by atoms with Crippen LogP contribution < -0.4 is 5.32 Å². The molecule has 1 aliphatic heterocycles. The second-order valence-electron chi connectivity index (χ2n) is 10.8. The maximum atomic E-state index is 13.5. The number of fused-ring (bicyclic) bond motifs is 2. The zero-order chi connectivity index (χ0) is 26.8. The summed E-state index contributed by atoms with van der Waals surface area (Å²) >= 11 is 0. The number of alkyl halides is 3. The molecular formula is C31H26F3N3O2. The Morgan fingerprint density at radius 3 is 2.49 bits per heavy atom. The van der Waals surface area contributed by atoms with E-state index in [-0.39, 0.29) is 17.2 Å². The van der Waals surface area contributed by atoms with E-state index in [4.69, 9.17) is 9.40 Å². The lowest BCUT2D eigenvalue weighted by molar-refractivity contribution is -0.137. The van der Waals surface area contributed by atoms with Gasteiger partial charge in [-0.25, -0.2) is 4.98 Å². The van der Waals surface area contributed by atoms with Crippen molar-refractivity contribution in [3.8, 4) is 22.5 Å². The number of benzene rings is 3. The molecule has 8 heteroatoms. The van der Waals surface area contributed by atoms with E-state index in [1.54, 1.807) is 6.26 Å². The summed E-state index contributed by atoms with van der Waals surface area (Å²) in [4.78, 5) is 18.2. The first-order valence-electron chi connectivity index (χ1n) is 13.2. The predicted octanol–water partition coefficient (Wildman–Crippen LogP) is 7.09. The molecule has 198 valence electrons. The largest absolute Gasteiger partial charge is 0.464 e. The van der Waals surface area contributed by atoms with Gasteiger partial charge in [0.15, 0.2) is 0 Å². The summed E-state index contributed by atoms with van der Waals surface area (Å²) in [6.07, 6.45) is -0.271. The lowest BCUT2D eigenvalue weighted by Gasteiger charge is -2.28. The molecular weight excluding hydrogens is 503 g/mol. The molecule has 3 heterocycles. The number of carbonyl (C=O) groups is 1. The molecule has 1 atom stereocenters. The van der Waals surface area contributed by atoms with Crippen LogP contribution in [0.3, 0.4) is 0 Å². The van der Waals surface area contributed by atoms with E-state index in [1.807, 2.05) is 53.1 Å². The van der Waals surface area contributed by atoms with Crippen LogP contribution >= 0.6 is 0 Å². The zero-order valence-corrected chi connectivity index (χ0v) is 21.1. The van der Waals surface area contributed by atoms with Crippen molar-refractivity contribution in [2.45, 2.75) is 32.0 Å². The topological polar surface area (TPSA) is 60.1 Å². The Kier molecular flexibility index (Phi) is 5.46. The van der Waals surface area contributed by atoms with Gasteiger partial charge < -0.3 is 14.3 Å². The van der Waals surface area contributed by atoms with Gasteiger partial charge in [-0.1, -0.05) is 36.4 Å². The average molecular weight is 530 g/mol. The zero-order valence-electron chi connectivity index (χ0n) is 21.1. The number of Topliss-reactive ketones (excluding diaryl/α,β-unsaturated/α-hetero) is 1. The molecule has 5 aromatic rings. The predicted molar refractivity (Wildman–Crippen MR) is 143 cm³/mol. The van der Waals surface area contributed by atoms with Crippen molar-refractivity contribution in [2.75, 3.05) is 13.1 Å². The van der Waals surface area contributed by atoms with Gasteiger partial charge in [-0.2, -0.15) is 13.2 Å². The molecule has 39 heavy (non-hydrogen) atoms. The molecule has 7 rings (SSSR count). The van der Waals surface area contributed by atoms with E-state index >= 15 is 0 Å². The molecule has 0 amide bonds. The van der Waals surface area contributed by atoms with Crippen LogP contribution in [0.4, 0.5) is 13.2 Å². The first-order chi connectivity index (χ1) is 18.8. The Labute approximate surface area is 222 Å². The highest BCUT2D eigenvalue weighted by atomic mass is 19.4. The van der Waals surface area contributed by atoms with E-state index in [1.165, 1.54) is 6.07 Å². The van der Waals surface area contributed by atoms with Crippen LogP contribution in [0.5, 0.6) is 0 Å². The monoisotopic (exact) mass is 529 g/mol. The van der Waals surface area contributed by atoms with E-state index < -0.39 is 17.2 Å². The summed E-state index contributed by atoms with van der Waals surface area (Å²) in [5, 5.41) is 4.38. The molecule has 1 saturated heterocycles. The molecule has 3 aromatic carbocycles. The van der Waals surface area contributed by atoms with Crippen molar-refractivity contribution in [3.05, 3.63) is 78.6 Å². The highest BCUT2D eigenvalue weighted by molar-refractivity contribution is 5.90. The van der Waals surface area contributed by atoms with Crippen LogP contribution in [0.15, 0.2) is 77.4 Å². The summed E-state index contributed by atoms with van der Waals surface area (Å²) in [6.45, 7) is 1.69. The van der Waals surface area contributed by atoms with E-state index in [0.717, 1.165) is 59.2 Å². The van der Waals surface area contributed by atoms with Crippen LogP contribution in [0.1, 0.15) is 24.8 Å². The van der Waals surface area contributed by atoms with Gasteiger partial charge in [0.05, 0.1) is 28.3 Å². The van der Waals surface area contributed by atoms with Crippen molar-refractivity contribution in [3.63, 3.8) is 0 Å². The number of ketones is 1. The minimum absolute atomic E-state index is 0.0887. The van der Waals surface area contributed by atoms with Crippen LogP contribution in [0.25, 0.3) is 44.5 Å². The number of rotatable bonds is 6. The van der Waals surface area contributed by atoms with Gasteiger partial charge in [0, 0.05) is 30.0 Å². The summed E-state index contributed by atoms with van der Waals surface area (Å²) in [7, 11) is 0. The van der Waals surface area contributed by atoms with Crippen LogP contribution in [0.2, 0.25) is 0 Å². The minimum atomic E-state index is -4.46. The van der Waals surface area contributed by atoms with Crippen LogP contribution in [0, 0.1) is 11.3 Å². The van der Waals surface area contributed by atoms with Gasteiger partial charge in [0.25, 0.3) is 0 Å². The fourth-order valence-corrected chi connectivity index (χ4v) is 5.88. The molecule has 2 fully saturated rings. The number of nitrogens with one attached hydrogen (secondary N) is 1. The Bertz CT molecular complexity index is 1710. The number of nitrogens with zero attached hydrogens (tertiary/aromatic N) is 2. The fourth-order valence-electron chi connectivity index (χ4n) is 5.88. The third-order valence-electron chi connectivity index (χ3n) is 8.18. The molecule has 1 saturated carbocycles. The van der Waals surface area contributed by atoms with Crippen molar-refractivity contribution in [1.29, 1.82) is 0 Å². The number of aromatic nitrogens is 2. The quantitative estimate of drug-likeness (QED) is 0.255. The van der Waals surface area contributed by atoms with Crippen molar-refractivity contribution >= 4 is 27.8 Å². The molecule has 2 aromatic heterocycles. The van der Waals surface area contributed by atoms with Gasteiger partial charge in [0.2, 0.25) is 0 Å². The Balaban J connectivity index is 1.32. The van der Waals surface area contributed by atoms with Gasteiger partial charge in [0.1, 0.15) is 17.2 Å². The minimum Gasteiger partial charge on any atom is -0.464 e. The smallest absolute Gasteiger partial charge is 0.416 e. The molecule has 2 aliphatic rings. The van der Waals surface area contributed by atoms with Gasteiger partial charge in [-0.3, -0.25) is 4.79 Å². The average Bonchev–Trinajstić information content (AvgIpc) is 3.32. The number of hydrogen-bond acceptors (Lipinski definition) is 4. The lowest BCUT2D eigenvalue weighted by Crippen LogP contribution is -2.39. The standard InChI is InChI=1S/C31H26F3N3O2/c32-31(33,34)24-9-10-26-25(16-24)36-29(37(26)18-30(12-13-35-17-30)28(38)21-4-5-21)22-6-1-19(2-7-22)23-8-3-20-11-14-39-27(20)15-23/h1-3,6-11,14-16,21,35H,4-5,12-13,17-18H2/t30-/m0/s1. The maximum absolute atomic E-state index is 13.5. The number of furan rings is 1. The Morgan fingerprint density at radius 1 is 1.00 bits per heavy atom. The number of halogens is 3. The number of carbonyl (C=O) groups excluding carboxylic acids is 1. The third kappa shape index (κ3) is 4.23. The van der Waals surface area contributed by atoms with Gasteiger partial charge in [-0.15, -0.1) is 0 Å². The van der Waals surface area contributed by atoms with E-state index in [9.17, 15) is 18.0 Å². The summed E-state index contributed by atoms with van der Waals surface area (Å²) in [6, 6.07) is 19.4. The first-order valence-corrected chi connectivity index (χ1v) is 13.2. The third-order valence-corrected chi connectivity index (χ3v) is 8.18. The highest BCUT2D eigenvalue weighted by Gasteiger charge is 2.48. The molecule has 5 nitrogen and oxygen atoms in total. The van der Waals surface area contributed by atoms with Crippen molar-refractivity contribution in [1.82, 2.24) is 14.9 Å². The summed E-state index contributed by atoms with van der Waals surface area (Å²) in [5.41, 5.74) is 3.11. The lowest BCUT2D eigenvalue weighted by atomic mass is 9.80. The second kappa shape index (κ2) is 8.81. The Morgan fingerprint density at radius 2 is 1.77 bits per heavy atom. The molecule has 0 unspecified atom stereocenters. The van der Waals surface area contributed by atoms with Crippen LogP contribution in [-0.2, 0) is 17.5 Å². The van der Waals surface area contributed by atoms with Gasteiger partial charge >= 0.3 is 6.18 Å². The van der Waals surface area contributed by atoms with Crippen molar-refractivity contribution in [2.24, 2.45) is 11.3 Å². The molecule has 0 radical (unpaired) electrons.